The fraction of sp³-hybridized carbons (Fsp3) is 0. The highest BCUT2D eigenvalue weighted by Crippen LogP contribution is 2.30. The Labute approximate surface area is 110 Å². The molecule has 92 valence electrons. The maximum Gasteiger partial charge on any atom is 0.150 e. The van der Waals surface area contributed by atoms with Crippen molar-refractivity contribution in [1.82, 2.24) is 0 Å². The van der Waals surface area contributed by atoms with Gasteiger partial charge in [-0.3, -0.25) is 4.79 Å². The van der Waals surface area contributed by atoms with Crippen LogP contribution in [0.15, 0.2) is 60.7 Å². The van der Waals surface area contributed by atoms with Gasteiger partial charge in [-0.15, -0.1) is 0 Å². The van der Waals surface area contributed by atoms with Crippen LogP contribution in [0.5, 0.6) is 0 Å². The first-order valence-electron chi connectivity index (χ1n) is 6.02. The standard InChI is InChI=1S/C17H11FO/c18-17-9-8-12(11-19)10-16(17)15-7-3-5-13-4-1-2-6-14(13)15/h1-11H. The molecule has 0 amide bonds. The maximum absolute atomic E-state index is 14.0. The first kappa shape index (κ1) is 11.6. The molecule has 19 heavy (non-hydrogen) atoms. The Morgan fingerprint density at radius 2 is 1.63 bits per heavy atom. The minimum absolute atomic E-state index is 0.318. The normalized spacial score (nSPS) is 10.6. The maximum atomic E-state index is 14.0. The number of fused-ring (bicyclic) bond motifs is 1. The second kappa shape index (κ2) is 4.65. The molecular weight excluding hydrogens is 239 g/mol. The van der Waals surface area contributed by atoms with Gasteiger partial charge in [-0.2, -0.15) is 0 Å². The molecule has 0 saturated carbocycles. The predicted molar refractivity (Wildman–Crippen MR) is 74.7 cm³/mol. The lowest BCUT2D eigenvalue weighted by atomic mass is 9.97. The Hall–Kier alpha value is -2.48. The summed E-state index contributed by atoms with van der Waals surface area (Å²) in [6.45, 7) is 0. The van der Waals surface area contributed by atoms with Crippen LogP contribution < -0.4 is 0 Å². The molecule has 0 atom stereocenters. The lowest BCUT2D eigenvalue weighted by Crippen LogP contribution is -1.89. The Balaban J connectivity index is 2.33. The zero-order chi connectivity index (χ0) is 13.2. The number of carbonyl (C=O) groups is 1. The van der Waals surface area contributed by atoms with E-state index in [1.54, 1.807) is 6.07 Å². The van der Waals surface area contributed by atoms with Crippen molar-refractivity contribution in [2.24, 2.45) is 0 Å². The van der Waals surface area contributed by atoms with Gasteiger partial charge in [0, 0.05) is 11.1 Å². The van der Waals surface area contributed by atoms with E-state index < -0.39 is 0 Å². The zero-order valence-corrected chi connectivity index (χ0v) is 10.1. The summed E-state index contributed by atoms with van der Waals surface area (Å²) in [5, 5.41) is 2.03. The van der Waals surface area contributed by atoms with Crippen molar-refractivity contribution in [3.8, 4) is 11.1 Å². The molecule has 0 unspecified atom stereocenters. The van der Waals surface area contributed by atoms with Crippen LogP contribution in [-0.4, -0.2) is 6.29 Å². The number of carbonyl (C=O) groups excluding carboxylic acids is 1. The van der Waals surface area contributed by atoms with Crippen LogP contribution in [0.1, 0.15) is 10.4 Å². The van der Waals surface area contributed by atoms with E-state index in [-0.39, 0.29) is 5.82 Å². The van der Waals surface area contributed by atoms with Crippen LogP contribution in [0.4, 0.5) is 4.39 Å². The lowest BCUT2D eigenvalue weighted by molar-refractivity contribution is 0.112. The molecule has 0 aliphatic rings. The number of benzene rings is 3. The second-order valence-electron chi connectivity index (χ2n) is 4.38. The third kappa shape index (κ3) is 2.02. The van der Waals surface area contributed by atoms with Crippen LogP contribution in [-0.2, 0) is 0 Å². The van der Waals surface area contributed by atoms with Crippen molar-refractivity contribution >= 4 is 17.1 Å². The van der Waals surface area contributed by atoms with E-state index in [0.29, 0.717) is 11.1 Å². The monoisotopic (exact) mass is 250 g/mol. The molecule has 1 nitrogen and oxygen atoms in total. The van der Waals surface area contributed by atoms with E-state index in [9.17, 15) is 9.18 Å². The molecule has 3 aromatic carbocycles. The van der Waals surface area contributed by atoms with Gasteiger partial charge in [0.1, 0.15) is 12.1 Å². The van der Waals surface area contributed by atoms with Gasteiger partial charge in [0.25, 0.3) is 0 Å². The van der Waals surface area contributed by atoms with Gasteiger partial charge in [-0.05, 0) is 34.5 Å². The molecule has 0 spiro atoms. The van der Waals surface area contributed by atoms with E-state index in [1.165, 1.54) is 12.1 Å². The van der Waals surface area contributed by atoms with Crippen molar-refractivity contribution in [2.75, 3.05) is 0 Å². The molecule has 0 aliphatic heterocycles. The van der Waals surface area contributed by atoms with Crippen LogP contribution >= 0.6 is 0 Å². The zero-order valence-electron chi connectivity index (χ0n) is 10.1. The summed E-state index contributed by atoms with van der Waals surface area (Å²) in [4.78, 5) is 10.8. The third-order valence-electron chi connectivity index (χ3n) is 3.21. The topological polar surface area (TPSA) is 17.1 Å². The van der Waals surface area contributed by atoms with Crippen LogP contribution in [0.3, 0.4) is 0 Å². The van der Waals surface area contributed by atoms with Gasteiger partial charge in [-0.1, -0.05) is 42.5 Å². The molecular formula is C17H11FO. The van der Waals surface area contributed by atoms with Gasteiger partial charge in [0.2, 0.25) is 0 Å². The molecule has 3 rings (SSSR count). The third-order valence-corrected chi connectivity index (χ3v) is 3.21. The van der Waals surface area contributed by atoms with Gasteiger partial charge in [-0.25, -0.2) is 4.39 Å². The highest BCUT2D eigenvalue weighted by molar-refractivity contribution is 5.97. The number of rotatable bonds is 2. The minimum atomic E-state index is -0.318. The largest absolute Gasteiger partial charge is 0.298 e. The average molecular weight is 250 g/mol. The Bertz CT molecular complexity index is 757. The number of hydrogen-bond donors (Lipinski definition) is 0. The molecule has 0 aromatic heterocycles. The van der Waals surface area contributed by atoms with Gasteiger partial charge >= 0.3 is 0 Å². The summed E-state index contributed by atoms with van der Waals surface area (Å²) in [6, 6.07) is 18.0. The van der Waals surface area contributed by atoms with Crippen molar-refractivity contribution in [1.29, 1.82) is 0 Å². The molecule has 0 heterocycles. The van der Waals surface area contributed by atoms with E-state index in [0.717, 1.165) is 22.6 Å². The number of halogens is 1. The summed E-state index contributed by atoms with van der Waals surface area (Å²) >= 11 is 0. The molecule has 0 bridgehead atoms. The molecule has 0 radical (unpaired) electrons. The van der Waals surface area contributed by atoms with Crippen molar-refractivity contribution in [3.05, 3.63) is 72.0 Å². The number of hydrogen-bond acceptors (Lipinski definition) is 1. The van der Waals surface area contributed by atoms with E-state index in [1.807, 2.05) is 42.5 Å². The average Bonchev–Trinajstić information content (AvgIpc) is 2.47. The molecule has 2 heteroatoms. The van der Waals surface area contributed by atoms with Gasteiger partial charge in [0.15, 0.2) is 0 Å². The Morgan fingerprint density at radius 3 is 2.47 bits per heavy atom. The molecule has 3 aromatic rings. The highest BCUT2D eigenvalue weighted by Gasteiger charge is 2.09. The predicted octanol–water partition coefficient (Wildman–Crippen LogP) is 4.46. The first-order valence-corrected chi connectivity index (χ1v) is 6.02. The van der Waals surface area contributed by atoms with Crippen molar-refractivity contribution in [2.45, 2.75) is 0 Å². The highest BCUT2D eigenvalue weighted by atomic mass is 19.1. The van der Waals surface area contributed by atoms with Crippen LogP contribution in [0.25, 0.3) is 21.9 Å². The summed E-state index contributed by atoms with van der Waals surface area (Å²) in [6.07, 6.45) is 0.730. The van der Waals surface area contributed by atoms with Crippen molar-refractivity contribution < 1.29 is 9.18 Å². The quantitative estimate of drug-likeness (QED) is 0.614. The summed E-state index contributed by atoms with van der Waals surface area (Å²) < 4.78 is 14.0. The molecule has 0 saturated heterocycles. The Morgan fingerprint density at radius 1 is 0.842 bits per heavy atom. The molecule has 0 aliphatic carbocycles. The van der Waals surface area contributed by atoms with Crippen LogP contribution in [0.2, 0.25) is 0 Å². The Kier molecular flexibility index (Phi) is 2.84. The van der Waals surface area contributed by atoms with Crippen molar-refractivity contribution in [3.63, 3.8) is 0 Å². The fourth-order valence-electron chi connectivity index (χ4n) is 2.28. The summed E-state index contributed by atoms with van der Waals surface area (Å²) in [7, 11) is 0. The SMILES string of the molecule is O=Cc1ccc(F)c(-c2cccc3ccccc23)c1. The van der Waals surface area contributed by atoms with Crippen LogP contribution in [0, 0.1) is 5.82 Å². The first-order chi connectivity index (χ1) is 9.29. The smallest absolute Gasteiger partial charge is 0.150 e. The molecule has 0 N–H and O–H groups in total. The second-order valence-corrected chi connectivity index (χ2v) is 4.38. The van der Waals surface area contributed by atoms with E-state index >= 15 is 0 Å². The van der Waals surface area contributed by atoms with Gasteiger partial charge < -0.3 is 0 Å². The molecule has 0 fully saturated rings. The van der Waals surface area contributed by atoms with Gasteiger partial charge in [0.05, 0.1) is 0 Å². The lowest BCUT2D eigenvalue weighted by Gasteiger charge is -2.08. The minimum Gasteiger partial charge on any atom is -0.298 e. The van der Waals surface area contributed by atoms with E-state index in [2.05, 4.69) is 0 Å². The van der Waals surface area contributed by atoms with E-state index in [4.69, 9.17) is 0 Å². The summed E-state index contributed by atoms with van der Waals surface area (Å²) in [5.74, 6) is -0.318. The summed E-state index contributed by atoms with van der Waals surface area (Å²) in [5.41, 5.74) is 1.74. The number of aldehydes is 1. The fourth-order valence-corrected chi connectivity index (χ4v) is 2.28.